The Hall–Kier alpha value is -2.11. The van der Waals surface area contributed by atoms with E-state index in [-0.39, 0.29) is 6.42 Å². The van der Waals surface area contributed by atoms with Crippen molar-refractivity contribution < 1.29 is 19.1 Å². The largest absolute Gasteiger partial charge is 0.481 e. The molecule has 5 nitrogen and oxygen atoms in total. The summed E-state index contributed by atoms with van der Waals surface area (Å²) in [7, 11) is 0. The molecule has 1 unspecified atom stereocenters. The summed E-state index contributed by atoms with van der Waals surface area (Å²) in [5.41, 5.74) is 1.02. The Morgan fingerprint density at radius 3 is 2.58 bits per heavy atom. The molecule has 0 aliphatic heterocycles. The van der Waals surface area contributed by atoms with Crippen molar-refractivity contribution in [1.29, 1.82) is 0 Å². The Morgan fingerprint density at radius 1 is 1.37 bits per heavy atom. The van der Waals surface area contributed by atoms with Gasteiger partial charge in [0, 0.05) is 11.7 Å². The van der Waals surface area contributed by atoms with Gasteiger partial charge in [0.05, 0.1) is 6.42 Å². The van der Waals surface area contributed by atoms with Crippen LogP contribution >= 0.6 is 0 Å². The molecular formula is C13H17FN2O3. The zero-order valence-electron chi connectivity index (χ0n) is 10.9. The first-order chi connectivity index (χ1) is 8.90. The van der Waals surface area contributed by atoms with Crippen molar-refractivity contribution in [3.8, 4) is 0 Å². The van der Waals surface area contributed by atoms with Gasteiger partial charge in [-0.2, -0.15) is 0 Å². The molecule has 0 spiro atoms. The number of hydrogen-bond acceptors (Lipinski definition) is 2. The number of anilines is 1. The van der Waals surface area contributed by atoms with Crippen molar-refractivity contribution in [2.45, 2.75) is 32.7 Å². The van der Waals surface area contributed by atoms with Gasteiger partial charge in [-0.3, -0.25) is 4.79 Å². The molecule has 0 saturated carbocycles. The predicted octanol–water partition coefficient (Wildman–Crippen LogP) is 2.51. The molecule has 1 aromatic rings. The molecule has 0 aromatic heterocycles. The molecule has 6 heteroatoms. The molecule has 1 atom stereocenters. The Labute approximate surface area is 110 Å². The summed E-state index contributed by atoms with van der Waals surface area (Å²) in [6.45, 7) is 3.49. The molecule has 0 radical (unpaired) electrons. The molecule has 3 N–H and O–H groups in total. The highest BCUT2D eigenvalue weighted by Crippen LogP contribution is 2.13. The molecule has 19 heavy (non-hydrogen) atoms. The maximum Gasteiger partial charge on any atom is 0.319 e. The van der Waals surface area contributed by atoms with Crippen molar-refractivity contribution in [3.05, 3.63) is 29.6 Å². The number of amides is 2. The number of carboxylic acid groups (broad SMARTS) is 1. The van der Waals surface area contributed by atoms with Crippen LogP contribution in [0.1, 0.15) is 25.3 Å². The molecule has 104 valence electrons. The molecule has 0 bridgehead atoms. The highest BCUT2D eigenvalue weighted by Gasteiger charge is 2.14. The van der Waals surface area contributed by atoms with Crippen molar-refractivity contribution in [1.82, 2.24) is 5.32 Å². The van der Waals surface area contributed by atoms with Crippen LogP contribution in [-0.2, 0) is 4.79 Å². The van der Waals surface area contributed by atoms with E-state index in [1.54, 1.807) is 19.9 Å². The maximum absolute atomic E-state index is 13.1. The third-order valence-corrected chi connectivity index (χ3v) is 2.55. The predicted molar refractivity (Wildman–Crippen MR) is 69.6 cm³/mol. The molecule has 0 aliphatic carbocycles. The molecule has 1 aromatic carbocycles. The molecule has 0 saturated heterocycles. The van der Waals surface area contributed by atoms with Gasteiger partial charge in [-0.1, -0.05) is 6.92 Å². The van der Waals surface area contributed by atoms with Gasteiger partial charge in [0.2, 0.25) is 0 Å². The van der Waals surface area contributed by atoms with Crippen LogP contribution in [0.25, 0.3) is 0 Å². The van der Waals surface area contributed by atoms with Crippen LogP contribution in [0.5, 0.6) is 0 Å². The van der Waals surface area contributed by atoms with Gasteiger partial charge in [0.1, 0.15) is 5.82 Å². The first-order valence-electron chi connectivity index (χ1n) is 5.97. The first-order valence-corrected chi connectivity index (χ1v) is 5.97. The van der Waals surface area contributed by atoms with Crippen LogP contribution in [0.2, 0.25) is 0 Å². The molecular weight excluding hydrogens is 251 g/mol. The zero-order valence-corrected chi connectivity index (χ0v) is 10.9. The number of aliphatic carboxylic acids is 1. The summed E-state index contributed by atoms with van der Waals surface area (Å²) in [5, 5.41) is 13.7. The summed E-state index contributed by atoms with van der Waals surface area (Å²) in [4.78, 5) is 22.2. The number of aryl methyl sites for hydroxylation is 1. The van der Waals surface area contributed by atoms with Crippen LogP contribution in [0.4, 0.5) is 14.9 Å². The number of hydrogen-bond donors (Lipinski definition) is 3. The Bertz CT molecular complexity index is 457. The minimum atomic E-state index is -0.978. The Morgan fingerprint density at radius 2 is 2.05 bits per heavy atom. The summed E-state index contributed by atoms with van der Waals surface area (Å²) < 4.78 is 13.1. The summed E-state index contributed by atoms with van der Waals surface area (Å²) in [5.74, 6) is -1.42. The van der Waals surface area contributed by atoms with E-state index in [0.29, 0.717) is 17.7 Å². The van der Waals surface area contributed by atoms with Gasteiger partial charge >= 0.3 is 12.0 Å². The lowest BCUT2D eigenvalue weighted by molar-refractivity contribution is -0.137. The van der Waals surface area contributed by atoms with Crippen molar-refractivity contribution in [2.75, 3.05) is 5.32 Å². The highest BCUT2D eigenvalue weighted by molar-refractivity contribution is 5.89. The topological polar surface area (TPSA) is 78.4 Å². The van der Waals surface area contributed by atoms with E-state index in [1.165, 1.54) is 12.1 Å². The van der Waals surface area contributed by atoms with Gasteiger partial charge in [0.15, 0.2) is 0 Å². The number of carbonyl (C=O) groups excluding carboxylic acids is 1. The number of carbonyl (C=O) groups is 2. The lowest BCUT2D eigenvalue weighted by Gasteiger charge is -2.15. The van der Waals surface area contributed by atoms with E-state index in [0.717, 1.165) is 0 Å². The van der Waals surface area contributed by atoms with E-state index in [4.69, 9.17) is 5.11 Å². The second-order valence-corrected chi connectivity index (χ2v) is 4.32. The van der Waals surface area contributed by atoms with Crippen LogP contribution in [0, 0.1) is 12.7 Å². The number of urea groups is 1. The van der Waals surface area contributed by atoms with E-state index in [9.17, 15) is 14.0 Å². The SMILES string of the molecule is CCC(CC(=O)O)NC(=O)Nc1cc(C)cc(F)c1. The van der Waals surface area contributed by atoms with Crippen LogP contribution in [-0.4, -0.2) is 23.1 Å². The lowest BCUT2D eigenvalue weighted by Crippen LogP contribution is -2.38. The van der Waals surface area contributed by atoms with E-state index < -0.39 is 23.9 Å². The number of carboxylic acids is 1. The smallest absolute Gasteiger partial charge is 0.319 e. The Kier molecular flexibility index (Phi) is 5.29. The first kappa shape index (κ1) is 14.9. The average Bonchev–Trinajstić information content (AvgIpc) is 2.25. The fourth-order valence-corrected chi connectivity index (χ4v) is 1.67. The van der Waals surface area contributed by atoms with Gasteiger partial charge in [-0.25, -0.2) is 9.18 Å². The number of benzene rings is 1. The number of rotatable bonds is 5. The zero-order chi connectivity index (χ0) is 14.4. The standard InChI is InChI=1S/C13H17FN2O3/c1-3-10(7-12(17)18)15-13(19)16-11-5-8(2)4-9(14)6-11/h4-6,10H,3,7H2,1-2H3,(H,17,18)(H2,15,16,19). The second-order valence-electron chi connectivity index (χ2n) is 4.32. The normalized spacial score (nSPS) is 11.7. The summed E-state index contributed by atoms with van der Waals surface area (Å²) >= 11 is 0. The van der Waals surface area contributed by atoms with Crippen molar-refractivity contribution in [2.24, 2.45) is 0 Å². The number of halogens is 1. The minimum absolute atomic E-state index is 0.147. The number of nitrogens with one attached hydrogen (secondary N) is 2. The van der Waals surface area contributed by atoms with E-state index in [2.05, 4.69) is 10.6 Å². The third kappa shape index (κ3) is 5.37. The fourth-order valence-electron chi connectivity index (χ4n) is 1.67. The van der Waals surface area contributed by atoms with Crippen LogP contribution in [0.15, 0.2) is 18.2 Å². The van der Waals surface area contributed by atoms with Gasteiger partial charge in [-0.15, -0.1) is 0 Å². The van der Waals surface area contributed by atoms with E-state index >= 15 is 0 Å². The highest BCUT2D eigenvalue weighted by atomic mass is 19.1. The van der Waals surface area contributed by atoms with E-state index in [1.807, 2.05) is 0 Å². The summed E-state index contributed by atoms with van der Waals surface area (Å²) in [6.07, 6.45) is 0.355. The van der Waals surface area contributed by atoms with Crippen LogP contribution < -0.4 is 10.6 Å². The van der Waals surface area contributed by atoms with Crippen molar-refractivity contribution in [3.63, 3.8) is 0 Å². The van der Waals surface area contributed by atoms with Gasteiger partial charge in [-0.05, 0) is 37.1 Å². The van der Waals surface area contributed by atoms with Gasteiger partial charge in [0.25, 0.3) is 0 Å². The average molecular weight is 268 g/mol. The van der Waals surface area contributed by atoms with Gasteiger partial charge < -0.3 is 15.7 Å². The fraction of sp³-hybridized carbons (Fsp3) is 0.385. The molecule has 2 amide bonds. The molecule has 0 fully saturated rings. The second kappa shape index (κ2) is 6.72. The molecule has 1 rings (SSSR count). The molecule has 0 aliphatic rings. The third-order valence-electron chi connectivity index (χ3n) is 2.55. The quantitative estimate of drug-likeness (QED) is 0.767. The van der Waals surface area contributed by atoms with Crippen LogP contribution in [0.3, 0.4) is 0 Å². The van der Waals surface area contributed by atoms with Crippen molar-refractivity contribution >= 4 is 17.7 Å². The maximum atomic E-state index is 13.1. The Balaban J connectivity index is 2.61. The summed E-state index contributed by atoms with van der Waals surface area (Å²) in [6, 6.07) is 3.18. The lowest BCUT2D eigenvalue weighted by atomic mass is 10.1. The monoisotopic (exact) mass is 268 g/mol. The molecule has 0 heterocycles. The minimum Gasteiger partial charge on any atom is -0.481 e.